The molecule has 0 saturated heterocycles. The van der Waals surface area contributed by atoms with Crippen LogP contribution in [0.2, 0.25) is 0 Å². The minimum absolute atomic E-state index is 0.240. The summed E-state index contributed by atoms with van der Waals surface area (Å²) in [6, 6.07) is 7.30. The quantitative estimate of drug-likeness (QED) is 0.723. The molecule has 4 nitrogen and oxygen atoms in total. The highest BCUT2D eigenvalue weighted by atomic mass is 16.5. The molecule has 0 N–H and O–H groups in total. The van der Waals surface area contributed by atoms with E-state index < -0.39 is 0 Å². The second-order valence-corrected chi connectivity index (χ2v) is 3.78. The van der Waals surface area contributed by atoms with E-state index in [0.29, 0.717) is 13.2 Å². The van der Waals surface area contributed by atoms with Gasteiger partial charge in [0.1, 0.15) is 0 Å². The molecule has 18 heavy (non-hydrogen) atoms. The van der Waals surface area contributed by atoms with E-state index in [-0.39, 0.29) is 24.8 Å². The van der Waals surface area contributed by atoms with Crippen molar-refractivity contribution in [3.63, 3.8) is 0 Å². The molecule has 0 bridgehead atoms. The van der Waals surface area contributed by atoms with Crippen LogP contribution in [0.1, 0.15) is 25.0 Å². The molecule has 0 aliphatic carbocycles. The van der Waals surface area contributed by atoms with E-state index >= 15 is 0 Å². The molecular weight excluding hydrogens is 232 g/mol. The van der Waals surface area contributed by atoms with Crippen molar-refractivity contribution >= 4 is 11.9 Å². The number of benzene rings is 1. The number of ether oxygens (including phenoxy) is 2. The number of carbonyl (C=O) groups excluding carboxylic acids is 2. The van der Waals surface area contributed by atoms with Crippen molar-refractivity contribution in [1.29, 1.82) is 0 Å². The summed E-state index contributed by atoms with van der Waals surface area (Å²) in [5.41, 5.74) is 1.75. The minimum Gasteiger partial charge on any atom is -0.466 e. The van der Waals surface area contributed by atoms with Crippen LogP contribution >= 0.6 is 0 Å². The summed E-state index contributed by atoms with van der Waals surface area (Å²) in [5.74, 6) is -0.480. The Hall–Kier alpha value is -1.84. The molecule has 1 aromatic rings. The summed E-state index contributed by atoms with van der Waals surface area (Å²) in [5, 5.41) is 0. The van der Waals surface area contributed by atoms with Gasteiger partial charge in [-0.25, -0.2) is 0 Å². The SMILES string of the molecule is CCOC(=O)Cc1ccc(CC(=O)OCC)cc1. The highest BCUT2D eigenvalue weighted by Crippen LogP contribution is 2.07. The average molecular weight is 250 g/mol. The largest absolute Gasteiger partial charge is 0.466 e. The Morgan fingerprint density at radius 3 is 1.44 bits per heavy atom. The van der Waals surface area contributed by atoms with Crippen molar-refractivity contribution in [2.45, 2.75) is 26.7 Å². The molecule has 0 amide bonds. The fourth-order valence-corrected chi connectivity index (χ4v) is 1.53. The number of hydrogen-bond acceptors (Lipinski definition) is 4. The number of hydrogen-bond donors (Lipinski definition) is 0. The summed E-state index contributed by atoms with van der Waals surface area (Å²) in [7, 11) is 0. The molecule has 0 atom stereocenters. The van der Waals surface area contributed by atoms with E-state index in [4.69, 9.17) is 9.47 Å². The molecule has 0 fully saturated rings. The lowest BCUT2D eigenvalue weighted by molar-refractivity contribution is -0.143. The summed E-state index contributed by atoms with van der Waals surface area (Å²) in [4.78, 5) is 22.5. The summed E-state index contributed by atoms with van der Waals surface area (Å²) < 4.78 is 9.72. The predicted molar refractivity (Wildman–Crippen MR) is 67.1 cm³/mol. The van der Waals surface area contributed by atoms with Crippen LogP contribution in [0.3, 0.4) is 0 Å². The lowest BCUT2D eigenvalue weighted by atomic mass is 10.1. The van der Waals surface area contributed by atoms with Gasteiger partial charge in [-0.2, -0.15) is 0 Å². The van der Waals surface area contributed by atoms with Crippen LogP contribution in [0, 0.1) is 0 Å². The van der Waals surface area contributed by atoms with Gasteiger partial charge in [-0.05, 0) is 25.0 Å². The fraction of sp³-hybridized carbons (Fsp3) is 0.429. The molecule has 0 radical (unpaired) electrons. The van der Waals surface area contributed by atoms with Gasteiger partial charge in [-0.1, -0.05) is 24.3 Å². The van der Waals surface area contributed by atoms with Gasteiger partial charge in [-0.15, -0.1) is 0 Å². The Bertz CT molecular complexity index is 356. The summed E-state index contributed by atoms with van der Waals surface area (Å²) in [6.07, 6.45) is 0.515. The summed E-state index contributed by atoms with van der Waals surface area (Å²) in [6.45, 7) is 4.33. The van der Waals surface area contributed by atoms with Crippen molar-refractivity contribution in [3.05, 3.63) is 35.4 Å². The van der Waals surface area contributed by atoms with Crippen molar-refractivity contribution in [2.75, 3.05) is 13.2 Å². The van der Waals surface area contributed by atoms with E-state index in [2.05, 4.69) is 0 Å². The molecular formula is C14H18O4. The van der Waals surface area contributed by atoms with Crippen molar-refractivity contribution in [3.8, 4) is 0 Å². The maximum atomic E-state index is 11.3. The highest BCUT2D eigenvalue weighted by Gasteiger charge is 2.06. The molecule has 0 saturated carbocycles. The number of esters is 2. The highest BCUT2D eigenvalue weighted by molar-refractivity contribution is 5.73. The van der Waals surface area contributed by atoms with Gasteiger partial charge in [0.25, 0.3) is 0 Å². The maximum Gasteiger partial charge on any atom is 0.310 e. The molecule has 1 aromatic carbocycles. The Morgan fingerprint density at radius 1 is 0.833 bits per heavy atom. The molecule has 1 rings (SSSR count). The Labute approximate surface area is 107 Å². The zero-order chi connectivity index (χ0) is 13.4. The lowest BCUT2D eigenvalue weighted by Gasteiger charge is -2.04. The fourth-order valence-electron chi connectivity index (χ4n) is 1.53. The molecule has 0 aliphatic rings. The van der Waals surface area contributed by atoms with E-state index in [1.807, 2.05) is 24.3 Å². The van der Waals surface area contributed by atoms with Crippen LogP contribution in [-0.4, -0.2) is 25.2 Å². The minimum atomic E-state index is -0.240. The van der Waals surface area contributed by atoms with Gasteiger partial charge in [0, 0.05) is 0 Å². The van der Waals surface area contributed by atoms with E-state index in [0.717, 1.165) is 11.1 Å². The topological polar surface area (TPSA) is 52.6 Å². The first-order valence-corrected chi connectivity index (χ1v) is 6.04. The average Bonchev–Trinajstić information content (AvgIpc) is 2.32. The third-order valence-corrected chi connectivity index (χ3v) is 2.33. The van der Waals surface area contributed by atoms with Gasteiger partial charge in [0.2, 0.25) is 0 Å². The zero-order valence-corrected chi connectivity index (χ0v) is 10.8. The molecule has 0 spiro atoms. The third kappa shape index (κ3) is 4.99. The molecule has 0 unspecified atom stereocenters. The Kier molecular flexibility index (Phi) is 5.91. The monoisotopic (exact) mass is 250 g/mol. The van der Waals surface area contributed by atoms with Gasteiger partial charge >= 0.3 is 11.9 Å². The predicted octanol–water partition coefficient (Wildman–Crippen LogP) is 1.90. The smallest absolute Gasteiger partial charge is 0.310 e. The second-order valence-electron chi connectivity index (χ2n) is 3.78. The van der Waals surface area contributed by atoms with Crippen molar-refractivity contribution in [1.82, 2.24) is 0 Å². The van der Waals surface area contributed by atoms with Crippen LogP contribution in [0.25, 0.3) is 0 Å². The summed E-state index contributed by atoms with van der Waals surface area (Å²) >= 11 is 0. The maximum absolute atomic E-state index is 11.3. The van der Waals surface area contributed by atoms with Gasteiger partial charge in [0.15, 0.2) is 0 Å². The third-order valence-electron chi connectivity index (χ3n) is 2.33. The van der Waals surface area contributed by atoms with Crippen molar-refractivity contribution in [2.24, 2.45) is 0 Å². The number of carbonyl (C=O) groups is 2. The van der Waals surface area contributed by atoms with Crippen LogP contribution < -0.4 is 0 Å². The first-order valence-electron chi connectivity index (χ1n) is 6.04. The van der Waals surface area contributed by atoms with E-state index in [1.165, 1.54) is 0 Å². The van der Waals surface area contributed by atoms with E-state index in [9.17, 15) is 9.59 Å². The molecule has 0 aromatic heterocycles. The molecule has 0 heterocycles. The number of rotatable bonds is 6. The van der Waals surface area contributed by atoms with E-state index in [1.54, 1.807) is 13.8 Å². The Morgan fingerprint density at radius 2 is 1.17 bits per heavy atom. The Balaban J connectivity index is 2.52. The second kappa shape index (κ2) is 7.48. The van der Waals surface area contributed by atoms with Crippen LogP contribution in [0.15, 0.2) is 24.3 Å². The van der Waals surface area contributed by atoms with Crippen LogP contribution in [0.5, 0.6) is 0 Å². The molecule has 4 heteroatoms. The van der Waals surface area contributed by atoms with Gasteiger partial charge in [-0.3, -0.25) is 9.59 Å². The standard InChI is InChI=1S/C14H18O4/c1-3-17-13(15)9-11-5-7-12(8-6-11)10-14(16)18-4-2/h5-8H,3-4,9-10H2,1-2H3. The first-order chi connectivity index (χ1) is 8.65. The van der Waals surface area contributed by atoms with Crippen LogP contribution in [0.4, 0.5) is 0 Å². The van der Waals surface area contributed by atoms with Gasteiger partial charge in [0.05, 0.1) is 26.1 Å². The first kappa shape index (κ1) is 14.2. The zero-order valence-electron chi connectivity index (χ0n) is 10.8. The van der Waals surface area contributed by atoms with Crippen LogP contribution in [-0.2, 0) is 31.9 Å². The van der Waals surface area contributed by atoms with Gasteiger partial charge < -0.3 is 9.47 Å². The van der Waals surface area contributed by atoms with Crippen molar-refractivity contribution < 1.29 is 19.1 Å². The normalized spacial score (nSPS) is 9.89. The lowest BCUT2D eigenvalue weighted by Crippen LogP contribution is -2.09. The molecule has 0 aliphatic heterocycles. The molecule has 98 valence electrons.